The molecule has 3 aromatic rings. The van der Waals surface area contributed by atoms with Gasteiger partial charge in [-0.25, -0.2) is 0 Å². The highest BCUT2D eigenvalue weighted by atomic mass is 16.6. The van der Waals surface area contributed by atoms with Crippen LogP contribution in [-0.2, 0) is 0 Å². The summed E-state index contributed by atoms with van der Waals surface area (Å²) in [5.74, 6) is 0.580. The highest BCUT2D eigenvalue weighted by molar-refractivity contribution is 5.95. The van der Waals surface area contributed by atoms with E-state index in [0.29, 0.717) is 23.5 Å². The summed E-state index contributed by atoms with van der Waals surface area (Å²) in [7, 11) is 1.98. The fourth-order valence-corrected chi connectivity index (χ4v) is 3.38. The van der Waals surface area contributed by atoms with Gasteiger partial charge in [-0.2, -0.15) is 0 Å². The van der Waals surface area contributed by atoms with E-state index in [2.05, 4.69) is 4.90 Å². The van der Waals surface area contributed by atoms with Crippen LogP contribution in [0.3, 0.4) is 0 Å². The van der Waals surface area contributed by atoms with Crippen molar-refractivity contribution in [3.8, 4) is 28.0 Å². The van der Waals surface area contributed by atoms with Crippen LogP contribution in [-0.4, -0.2) is 25.1 Å². The minimum atomic E-state index is -0.303. The van der Waals surface area contributed by atoms with Crippen molar-refractivity contribution in [3.63, 3.8) is 0 Å². The van der Waals surface area contributed by atoms with E-state index in [9.17, 15) is 10.1 Å². The molecule has 0 saturated carbocycles. The smallest absolute Gasteiger partial charge is 0.288 e. The van der Waals surface area contributed by atoms with Crippen LogP contribution in [0.4, 0.5) is 11.4 Å². The number of rotatable bonds is 3. The van der Waals surface area contributed by atoms with E-state index in [1.165, 1.54) is 0 Å². The highest BCUT2D eigenvalue weighted by Gasteiger charge is 2.31. The molecule has 0 unspecified atom stereocenters. The van der Waals surface area contributed by atoms with Crippen molar-refractivity contribution in [1.82, 2.24) is 0 Å². The number of ether oxygens (including phenoxy) is 1. The molecule has 1 heterocycles. The molecule has 0 atom stereocenters. The Bertz CT molecular complexity index is 956. The van der Waals surface area contributed by atoms with Crippen molar-refractivity contribution in [2.75, 3.05) is 25.1 Å². The lowest BCUT2D eigenvalue weighted by Gasteiger charge is -2.30. The van der Waals surface area contributed by atoms with Gasteiger partial charge in [-0.05, 0) is 17.2 Å². The summed E-state index contributed by atoms with van der Waals surface area (Å²) in [6.07, 6.45) is 0. The second-order valence-corrected chi connectivity index (χ2v) is 6.26. The summed E-state index contributed by atoms with van der Waals surface area (Å²) in [4.78, 5) is 13.9. The Balaban J connectivity index is 2.11. The van der Waals surface area contributed by atoms with Gasteiger partial charge in [-0.1, -0.05) is 60.7 Å². The van der Waals surface area contributed by atoms with E-state index in [0.717, 1.165) is 23.4 Å². The van der Waals surface area contributed by atoms with E-state index in [1.807, 2.05) is 73.8 Å². The van der Waals surface area contributed by atoms with Crippen LogP contribution in [0.1, 0.15) is 0 Å². The number of nitrogens with zero attached hydrogens (tertiary/aromatic N) is 2. The van der Waals surface area contributed by atoms with Gasteiger partial charge in [0, 0.05) is 7.05 Å². The van der Waals surface area contributed by atoms with Gasteiger partial charge < -0.3 is 9.64 Å². The van der Waals surface area contributed by atoms with Crippen molar-refractivity contribution in [3.05, 3.63) is 76.8 Å². The number of nitro benzene ring substituents is 1. The third kappa shape index (κ3) is 2.67. The van der Waals surface area contributed by atoms with Crippen LogP contribution in [0.25, 0.3) is 22.3 Å². The first-order valence-corrected chi connectivity index (χ1v) is 8.47. The van der Waals surface area contributed by atoms with Crippen LogP contribution in [0.15, 0.2) is 66.7 Å². The fourth-order valence-electron chi connectivity index (χ4n) is 3.38. The quantitative estimate of drug-likeness (QED) is 0.507. The van der Waals surface area contributed by atoms with E-state index in [-0.39, 0.29) is 10.6 Å². The summed E-state index contributed by atoms with van der Waals surface area (Å²) < 4.78 is 5.92. The van der Waals surface area contributed by atoms with Gasteiger partial charge in [0.05, 0.1) is 22.7 Å². The molecule has 26 heavy (non-hydrogen) atoms. The number of hydrogen-bond acceptors (Lipinski definition) is 4. The molecule has 1 aliphatic heterocycles. The lowest BCUT2D eigenvalue weighted by atomic mass is 9.93. The van der Waals surface area contributed by atoms with Crippen LogP contribution in [0, 0.1) is 10.1 Å². The largest absolute Gasteiger partial charge is 0.489 e. The van der Waals surface area contributed by atoms with Gasteiger partial charge in [-0.3, -0.25) is 10.1 Å². The SMILES string of the molecule is CN1CCOc2c1cc(-c1ccccc1)c([N+](=O)[O-])c2-c1ccccc1. The Kier molecular flexibility index (Phi) is 4.05. The van der Waals surface area contributed by atoms with Crippen molar-refractivity contribution >= 4 is 11.4 Å². The molecular weight excluding hydrogens is 328 g/mol. The molecular formula is C21H18N2O3. The van der Waals surface area contributed by atoms with Gasteiger partial charge in [0.2, 0.25) is 0 Å². The third-order valence-electron chi connectivity index (χ3n) is 4.65. The zero-order valence-electron chi connectivity index (χ0n) is 14.4. The standard InChI is InChI=1S/C21H18N2O3/c1-22-12-13-26-21-18(22)14-17(15-8-4-2-5-9-15)20(23(24)25)19(21)16-10-6-3-7-11-16/h2-11,14H,12-13H2,1H3. The van der Waals surface area contributed by atoms with Crippen molar-refractivity contribution in [2.45, 2.75) is 0 Å². The molecule has 0 fully saturated rings. The molecule has 0 amide bonds. The third-order valence-corrected chi connectivity index (χ3v) is 4.65. The number of likely N-dealkylation sites (N-methyl/N-ethyl adjacent to an activating group) is 1. The van der Waals surface area contributed by atoms with E-state index >= 15 is 0 Å². The normalized spacial score (nSPS) is 13.0. The summed E-state index contributed by atoms with van der Waals surface area (Å²) in [5.41, 5.74) is 3.70. The molecule has 0 aromatic heterocycles. The Morgan fingerprint density at radius 2 is 1.62 bits per heavy atom. The average molecular weight is 346 g/mol. The van der Waals surface area contributed by atoms with Gasteiger partial charge in [-0.15, -0.1) is 0 Å². The maximum absolute atomic E-state index is 12.1. The molecule has 0 saturated heterocycles. The lowest BCUT2D eigenvalue weighted by molar-refractivity contribution is -0.383. The number of anilines is 1. The average Bonchev–Trinajstić information content (AvgIpc) is 2.68. The molecule has 0 bridgehead atoms. The number of fused-ring (bicyclic) bond motifs is 1. The van der Waals surface area contributed by atoms with Crippen molar-refractivity contribution in [2.24, 2.45) is 0 Å². The van der Waals surface area contributed by atoms with Crippen molar-refractivity contribution < 1.29 is 9.66 Å². The predicted molar refractivity (Wildman–Crippen MR) is 103 cm³/mol. The Hall–Kier alpha value is -3.34. The minimum Gasteiger partial charge on any atom is -0.489 e. The minimum absolute atomic E-state index is 0.0800. The van der Waals surface area contributed by atoms with Gasteiger partial charge in [0.25, 0.3) is 5.69 Å². The molecule has 0 aliphatic carbocycles. The van der Waals surface area contributed by atoms with Crippen molar-refractivity contribution in [1.29, 1.82) is 0 Å². The molecule has 0 N–H and O–H groups in total. The summed E-state index contributed by atoms with van der Waals surface area (Å²) in [6.45, 7) is 1.25. The topological polar surface area (TPSA) is 55.6 Å². The fraction of sp³-hybridized carbons (Fsp3) is 0.143. The summed E-state index contributed by atoms with van der Waals surface area (Å²) in [6, 6.07) is 20.8. The van der Waals surface area contributed by atoms with Crippen LogP contribution >= 0.6 is 0 Å². The van der Waals surface area contributed by atoms with Gasteiger partial charge >= 0.3 is 0 Å². The molecule has 1 aliphatic rings. The molecule has 3 aromatic carbocycles. The van der Waals surface area contributed by atoms with Gasteiger partial charge in [0.15, 0.2) is 5.75 Å². The summed E-state index contributed by atoms with van der Waals surface area (Å²) in [5, 5.41) is 12.1. The molecule has 130 valence electrons. The Morgan fingerprint density at radius 3 is 2.23 bits per heavy atom. The molecule has 0 spiro atoms. The van der Waals surface area contributed by atoms with E-state index < -0.39 is 0 Å². The lowest BCUT2D eigenvalue weighted by Crippen LogP contribution is -2.29. The molecule has 5 heteroatoms. The Labute approximate surface area is 151 Å². The molecule has 0 radical (unpaired) electrons. The first-order valence-electron chi connectivity index (χ1n) is 8.47. The van der Waals surface area contributed by atoms with Gasteiger partial charge in [0.1, 0.15) is 12.2 Å². The van der Waals surface area contributed by atoms with Crippen LogP contribution < -0.4 is 9.64 Å². The summed E-state index contributed by atoms with van der Waals surface area (Å²) >= 11 is 0. The van der Waals surface area contributed by atoms with E-state index in [4.69, 9.17) is 4.74 Å². The maximum atomic E-state index is 12.1. The monoisotopic (exact) mass is 346 g/mol. The number of hydrogen-bond donors (Lipinski definition) is 0. The first kappa shape index (κ1) is 16.1. The number of nitro groups is 1. The first-order chi connectivity index (χ1) is 12.7. The predicted octanol–water partition coefficient (Wildman–Crippen LogP) is 4.76. The zero-order chi connectivity index (χ0) is 18.1. The highest BCUT2D eigenvalue weighted by Crippen LogP contribution is 2.50. The zero-order valence-corrected chi connectivity index (χ0v) is 14.4. The number of benzene rings is 3. The van der Waals surface area contributed by atoms with E-state index in [1.54, 1.807) is 0 Å². The second kappa shape index (κ2) is 6.52. The second-order valence-electron chi connectivity index (χ2n) is 6.26. The van der Waals surface area contributed by atoms with Crippen LogP contribution in [0.2, 0.25) is 0 Å². The Morgan fingerprint density at radius 1 is 1.00 bits per heavy atom. The van der Waals surface area contributed by atoms with Crippen LogP contribution in [0.5, 0.6) is 5.75 Å². The molecule has 5 nitrogen and oxygen atoms in total. The maximum Gasteiger partial charge on any atom is 0.288 e. The molecule has 4 rings (SSSR count).